The Labute approximate surface area is 84.2 Å². The fourth-order valence-corrected chi connectivity index (χ4v) is 1.80. The molecule has 0 N–H and O–H groups in total. The van der Waals surface area contributed by atoms with Gasteiger partial charge in [-0.2, -0.15) is 8.78 Å². The van der Waals surface area contributed by atoms with E-state index >= 15 is 0 Å². The number of rotatable bonds is 5. The Morgan fingerprint density at radius 2 is 2.00 bits per heavy atom. The molecule has 0 aliphatic carbocycles. The van der Waals surface area contributed by atoms with Gasteiger partial charge in [-0.15, -0.1) is 0 Å². The molecule has 2 nitrogen and oxygen atoms in total. The third-order valence-corrected chi connectivity index (χ3v) is 2.66. The molecule has 0 aromatic rings. The highest BCUT2D eigenvalue weighted by Crippen LogP contribution is 2.16. The molecule has 0 unspecified atom stereocenters. The molecule has 1 saturated heterocycles. The molecule has 84 valence electrons. The molecular formula is C10H19F2NO. The lowest BCUT2D eigenvalue weighted by molar-refractivity contribution is -0.172. The summed E-state index contributed by atoms with van der Waals surface area (Å²) in [5.74, 6) is 0. The first-order valence-corrected chi connectivity index (χ1v) is 5.38. The number of alkyl halides is 2. The van der Waals surface area contributed by atoms with E-state index in [1.807, 2.05) is 0 Å². The Balaban J connectivity index is 2.11. The first-order chi connectivity index (χ1) is 6.72. The molecular weight excluding hydrogens is 188 g/mol. The van der Waals surface area contributed by atoms with Crippen LogP contribution in [0.1, 0.15) is 32.6 Å². The van der Waals surface area contributed by atoms with Crippen LogP contribution in [0.2, 0.25) is 0 Å². The van der Waals surface area contributed by atoms with Crippen molar-refractivity contribution < 1.29 is 13.5 Å². The van der Waals surface area contributed by atoms with E-state index in [2.05, 4.69) is 16.6 Å². The van der Waals surface area contributed by atoms with Crippen LogP contribution < -0.4 is 0 Å². The maximum Gasteiger partial charge on any atom is 0.345 e. The maximum absolute atomic E-state index is 11.9. The van der Waals surface area contributed by atoms with E-state index in [0.717, 1.165) is 32.5 Å². The summed E-state index contributed by atoms with van der Waals surface area (Å²) < 4.78 is 28.3. The van der Waals surface area contributed by atoms with Crippen molar-refractivity contribution in [2.75, 3.05) is 19.6 Å². The number of hydrogen-bond acceptors (Lipinski definition) is 2. The molecule has 0 radical (unpaired) electrons. The number of piperidine rings is 1. The van der Waals surface area contributed by atoms with Crippen molar-refractivity contribution in [1.82, 2.24) is 4.90 Å². The summed E-state index contributed by atoms with van der Waals surface area (Å²) in [7, 11) is 0. The van der Waals surface area contributed by atoms with Crippen LogP contribution in [0.15, 0.2) is 0 Å². The number of halogens is 2. The predicted molar refractivity (Wildman–Crippen MR) is 51.5 cm³/mol. The first-order valence-electron chi connectivity index (χ1n) is 5.38. The highest BCUT2D eigenvalue weighted by atomic mass is 19.3. The van der Waals surface area contributed by atoms with Crippen LogP contribution in [0.25, 0.3) is 0 Å². The highest BCUT2D eigenvalue weighted by molar-refractivity contribution is 4.72. The summed E-state index contributed by atoms with van der Waals surface area (Å²) in [4.78, 5) is 2.33. The second kappa shape index (κ2) is 6.30. The number of ether oxygens (including phenoxy) is 1. The van der Waals surface area contributed by atoms with E-state index in [1.54, 1.807) is 0 Å². The number of hydrogen-bond donors (Lipinski definition) is 0. The van der Waals surface area contributed by atoms with Gasteiger partial charge < -0.3 is 9.64 Å². The quantitative estimate of drug-likeness (QED) is 0.686. The molecule has 1 aliphatic heterocycles. The molecule has 0 atom stereocenters. The van der Waals surface area contributed by atoms with Gasteiger partial charge in [0.1, 0.15) is 0 Å². The SMILES string of the molecule is CCCCN1CCC(OC(F)F)CC1. The smallest absolute Gasteiger partial charge is 0.320 e. The molecule has 1 aliphatic rings. The number of likely N-dealkylation sites (tertiary alicyclic amines) is 1. The average molecular weight is 207 g/mol. The molecule has 0 aromatic carbocycles. The zero-order valence-electron chi connectivity index (χ0n) is 8.72. The summed E-state index contributed by atoms with van der Waals surface area (Å²) in [6.45, 7) is 2.45. The van der Waals surface area contributed by atoms with Crippen molar-refractivity contribution >= 4 is 0 Å². The van der Waals surface area contributed by atoms with Gasteiger partial charge in [0.05, 0.1) is 6.10 Å². The highest BCUT2D eigenvalue weighted by Gasteiger charge is 2.21. The Morgan fingerprint density at radius 1 is 1.36 bits per heavy atom. The van der Waals surface area contributed by atoms with Crippen LogP contribution in [-0.2, 0) is 4.74 Å². The van der Waals surface area contributed by atoms with Crippen molar-refractivity contribution in [3.63, 3.8) is 0 Å². The van der Waals surface area contributed by atoms with Gasteiger partial charge in [-0.3, -0.25) is 0 Å². The van der Waals surface area contributed by atoms with Crippen LogP contribution in [0.5, 0.6) is 0 Å². The monoisotopic (exact) mass is 207 g/mol. The van der Waals surface area contributed by atoms with Crippen LogP contribution >= 0.6 is 0 Å². The minimum atomic E-state index is -2.61. The minimum Gasteiger partial charge on any atom is -0.320 e. The summed E-state index contributed by atoms with van der Waals surface area (Å²) in [5, 5.41) is 0. The van der Waals surface area contributed by atoms with Gasteiger partial charge >= 0.3 is 6.61 Å². The predicted octanol–water partition coefficient (Wildman–Crippen LogP) is 2.49. The summed E-state index contributed by atoms with van der Waals surface area (Å²) >= 11 is 0. The minimum absolute atomic E-state index is 0.229. The van der Waals surface area contributed by atoms with Crippen LogP contribution in [-0.4, -0.2) is 37.2 Å². The van der Waals surface area contributed by atoms with Gasteiger partial charge in [0.25, 0.3) is 0 Å². The average Bonchev–Trinajstić information content (AvgIpc) is 2.16. The number of nitrogens with zero attached hydrogens (tertiary/aromatic N) is 1. The van der Waals surface area contributed by atoms with Gasteiger partial charge in [-0.1, -0.05) is 13.3 Å². The van der Waals surface area contributed by atoms with Crippen molar-refractivity contribution in [3.05, 3.63) is 0 Å². The number of unbranched alkanes of at least 4 members (excludes halogenated alkanes) is 1. The fraction of sp³-hybridized carbons (Fsp3) is 1.00. The lowest BCUT2D eigenvalue weighted by Gasteiger charge is -2.31. The summed E-state index contributed by atoms with van der Waals surface area (Å²) in [6.07, 6.45) is 3.64. The largest absolute Gasteiger partial charge is 0.345 e. The van der Waals surface area contributed by atoms with Crippen LogP contribution in [0.4, 0.5) is 8.78 Å². The Morgan fingerprint density at radius 3 is 2.50 bits per heavy atom. The Bertz CT molecular complexity index is 147. The third kappa shape index (κ3) is 4.33. The van der Waals surface area contributed by atoms with E-state index in [0.29, 0.717) is 0 Å². The zero-order valence-corrected chi connectivity index (χ0v) is 8.72. The van der Waals surface area contributed by atoms with Crippen molar-refractivity contribution in [2.45, 2.75) is 45.3 Å². The van der Waals surface area contributed by atoms with Gasteiger partial charge in [-0.05, 0) is 25.8 Å². The van der Waals surface area contributed by atoms with E-state index in [4.69, 9.17) is 0 Å². The molecule has 1 heterocycles. The van der Waals surface area contributed by atoms with E-state index < -0.39 is 6.61 Å². The molecule has 0 saturated carbocycles. The van der Waals surface area contributed by atoms with E-state index in [9.17, 15) is 8.78 Å². The van der Waals surface area contributed by atoms with Crippen molar-refractivity contribution in [1.29, 1.82) is 0 Å². The van der Waals surface area contributed by atoms with Gasteiger partial charge in [-0.25, -0.2) is 0 Å². The molecule has 1 fully saturated rings. The summed E-state index contributed by atoms with van der Waals surface area (Å²) in [6, 6.07) is 0. The second-order valence-corrected chi connectivity index (χ2v) is 3.79. The van der Waals surface area contributed by atoms with Gasteiger partial charge in [0, 0.05) is 13.1 Å². The van der Waals surface area contributed by atoms with Crippen LogP contribution in [0.3, 0.4) is 0 Å². The molecule has 0 amide bonds. The second-order valence-electron chi connectivity index (χ2n) is 3.79. The zero-order chi connectivity index (χ0) is 10.4. The normalized spacial score (nSPS) is 20.6. The topological polar surface area (TPSA) is 12.5 Å². The molecule has 0 spiro atoms. The molecule has 4 heteroatoms. The molecule has 1 rings (SSSR count). The van der Waals surface area contributed by atoms with Crippen molar-refractivity contribution in [3.8, 4) is 0 Å². The van der Waals surface area contributed by atoms with Crippen molar-refractivity contribution in [2.24, 2.45) is 0 Å². The lowest BCUT2D eigenvalue weighted by atomic mass is 10.1. The van der Waals surface area contributed by atoms with E-state index in [-0.39, 0.29) is 6.10 Å². The summed E-state index contributed by atoms with van der Waals surface area (Å²) in [5.41, 5.74) is 0. The maximum atomic E-state index is 11.9. The van der Waals surface area contributed by atoms with Crippen LogP contribution in [0, 0.1) is 0 Å². The standard InChI is InChI=1S/C10H19F2NO/c1-2-3-6-13-7-4-9(5-8-13)14-10(11)12/h9-10H,2-8H2,1H3. The third-order valence-electron chi connectivity index (χ3n) is 2.66. The van der Waals surface area contributed by atoms with Gasteiger partial charge in [0.15, 0.2) is 0 Å². The Hall–Kier alpha value is -0.220. The molecule has 0 aromatic heterocycles. The van der Waals surface area contributed by atoms with Gasteiger partial charge in [0.2, 0.25) is 0 Å². The molecule has 0 bridgehead atoms. The first kappa shape index (κ1) is 11.9. The van der Waals surface area contributed by atoms with E-state index in [1.165, 1.54) is 12.8 Å². The molecule has 14 heavy (non-hydrogen) atoms. The fourth-order valence-electron chi connectivity index (χ4n) is 1.80. The Kier molecular flexibility index (Phi) is 5.33. The lowest BCUT2D eigenvalue weighted by Crippen LogP contribution is -2.38.